The van der Waals surface area contributed by atoms with Crippen LogP contribution in [0.25, 0.3) is 0 Å². The molecule has 0 unspecified atom stereocenters. The molecule has 0 bridgehead atoms. The number of benzene rings is 2. The van der Waals surface area contributed by atoms with Crippen molar-refractivity contribution in [3.05, 3.63) is 62.6 Å². The third-order valence-electron chi connectivity index (χ3n) is 5.51. The number of nitrogens with zero attached hydrogens (tertiary/aromatic N) is 1. The molecule has 2 N–H and O–H groups in total. The number of piperidine rings is 1. The van der Waals surface area contributed by atoms with Crippen LogP contribution >= 0.6 is 34.8 Å². The summed E-state index contributed by atoms with van der Waals surface area (Å²) in [5, 5.41) is 1.31. The summed E-state index contributed by atoms with van der Waals surface area (Å²) in [6.07, 6.45) is 1.35. The molecule has 0 spiro atoms. The Kier molecular flexibility index (Phi) is 7.17. The number of halogens is 3. The number of aryl methyl sites for hydroxylation is 1. The molecule has 1 fully saturated rings. The number of amides is 2. The highest BCUT2D eigenvalue weighted by Gasteiger charge is 2.39. The molecule has 30 heavy (non-hydrogen) atoms. The first-order chi connectivity index (χ1) is 14.2. The van der Waals surface area contributed by atoms with Gasteiger partial charge in [-0.1, -0.05) is 40.9 Å². The van der Waals surface area contributed by atoms with E-state index in [0.717, 1.165) is 5.56 Å². The summed E-state index contributed by atoms with van der Waals surface area (Å²) in [6, 6.07) is 10.4. The van der Waals surface area contributed by atoms with Crippen molar-refractivity contribution in [2.75, 3.05) is 19.7 Å². The first-order valence-electron chi connectivity index (χ1n) is 9.61. The lowest BCUT2D eigenvalue weighted by Crippen LogP contribution is -2.47. The van der Waals surface area contributed by atoms with Gasteiger partial charge < -0.3 is 15.4 Å². The number of carbonyl (C=O) groups is 2. The van der Waals surface area contributed by atoms with Crippen molar-refractivity contribution in [1.29, 1.82) is 0 Å². The summed E-state index contributed by atoms with van der Waals surface area (Å²) in [5.41, 5.74) is 6.29. The van der Waals surface area contributed by atoms with Gasteiger partial charge >= 0.3 is 0 Å². The van der Waals surface area contributed by atoms with Crippen molar-refractivity contribution in [3.63, 3.8) is 0 Å². The molecule has 2 amide bonds. The van der Waals surface area contributed by atoms with E-state index in [4.69, 9.17) is 45.3 Å². The number of carbonyl (C=O) groups excluding carboxylic acids is 2. The number of nitrogens with two attached hydrogens (primary N) is 1. The summed E-state index contributed by atoms with van der Waals surface area (Å²) in [6.45, 7) is 3.14. The lowest BCUT2D eigenvalue weighted by atomic mass is 9.76. The average Bonchev–Trinajstić information content (AvgIpc) is 2.69. The third-order valence-corrected chi connectivity index (χ3v) is 6.57. The molecule has 1 aliphatic rings. The minimum absolute atomic E-state index is 0.189. The zero-order chi connectivity index (χ0) is 21.9. The van der Waals surface area contributed by atoms with Gasteiger partial charge in [-0.3, -0.25) is 9.59 Å². The predicted molar refractivity (Wildman–Crippen MR) is 120 cm³/mol. The van der Waals surface area contributed by atoms with Crippen LogP contribution in [-0.2, 0) is 4.79 Å². The molecule has 0 aromatic heterocycles. The predicted octanol–water partition coefficient (Wildman–Crippen LogP) is 5.13. The fourth-order valence-electron chi connectivity index (χ4n) is 3.73. The highest BCUT2D eigenvalue weighted by molar-refractivity contribution is 6.39. The zero-order valence-electron chi connectivity index (χ0n) is 16.6. The van der Waals surface area contributed by atoms with Gasteiger partial charge in [0.05, 0.1) is 22.2 Å². The average molecular weight is 470 g/mol. The van der Waals surface area contributed by atoms with Gasteiger partial charge in [0.2, 0.25) is 5.91 Å². The molecule has 160 valence electrons. The first-order valence-corrected chi connectivity index (χ1v) is 10.7. The van der Waals surface area contributed by atoms with Crippen molar-refractivity contribution in [1.82, 2.24) is 4.90 Å². The Labute approximate surface area is 191 Å². The van der Waals surface area contributed by atoms with Crippen LogP contribution in [0.1, 0.15) is 35.2 Å². The minimum Gasteiger partial charge on any atom is -0.493 e. The van der Waals surface area contributed by atoms with Gasteiger partial charge in [-0.25, -0.2) is 0 Å². The molecule has 0 saturated carbocycles. The molecule has 0 aliphatic carbocycles. The van der Waals surface area contributed by atoms with Crippen LogP contribution in [0, 0.1) is 12.3 Å². The molecule has 1 saturated heterocycles. The monoisotopic (exact) mass is 468 g/mol. The fourth-order valence-corrected chi connectivity index (χ4v) is 4.41. The van der Waals surface area contributed by atoms with E-state index in [1.54, 1.807) is 35.2 Å². The van der Waals surface area contributed by atoms with Crippen LogP contribution in [0.3, 0.4) is 0 Å². The topological polar surface area (TPSA) is 72.6 Å². The van der Waals surface area contributed by atoms with Crippen molar-refractivity contribution in [3.8, 4) is 5.75 Å². The zero-order valence-corrected chi connectivity index (χ0v) is 18.9. The Morgan fingerprint density at radius 1 is 1.07 bits per heavy atom. The van der Waals surface area contributed by atoms with E-state index in [2.05, 4.69) is 0 Å². The number of primary amides is 1. The van der Waals surface area contributed by atoms with E-state index in [-0.39, 0.29) is 18.2 Å². The maximum Gasteiger partial charge on any atom is 0.256 e. The van der Waals surface area contributed by atoms with Gasteiger partial charge in [-0.05, 0) is 55.7 Å². The molecule has 1 heterocycles. The molecule has 2 aromatic carbocycles. The third kappa shape index (κ3) is 5.20. The summed E-state index contributed by atoms with van der Waals surface area (Å²) >= 11 is 18.4. The number of hydrogen-bond acceptors (Lipinski definition) is 3. The maximum absolute atomic E-state index is 12.9. The van der Waals surface area contributed by atoms with Gasteiger partial charge in [-0.2, -0.15) is 0 Å². The molecule has 0 atom stereocenters. The van der Waals surface area contributed by atoms with Gasteiger partial charge in [0, 0.05) is 29.9 Å². The van der Waals surface area contributed by atoms with Crippen molar-refractivity contribution >= 4 is 46.6 Å². The fraction of sp³-hybridized carbons (Fsp3) is 0.364. The van der Waals surface area contributed by atoms with E-state index in [1.807, 2.05) is 13.0 Å². The van der Waals surface area contributed by atoms with E-state index < -0.39 is 5.41 Å². The van der Waals surface area contributed by atoms with E-state index in [9.17, 15) is 9.59 Å². The molecular formula is C22H23Cl3N2O3. The Morgan fingerprint density at radius 3 is 2.27 bits per heavy atom. The quantitative estimate of drug-likeness (QED) is 0.637. The summed E-state index contributed by atoms with van der Waals surface area (Å²) in [4.78, 5) is 26.4. The van der Waals surface area contributed by atoms with E-state index >= 15 is 0 Å². The number of ether oxygens (including phenoxy) is 1. The molecular weight excluding hydrogens is 447 g/mol. The number of hydrogen-bond donors (Lipinski definition) is 1. The van der Waals surface area contributed by atoms with Crippen molar-refractivity contribution in [2.45, 2.75) is 26.2 Å². The minimum atomic E-state index is -0.444. The van der Waals surface area contributed by atoms with E-state index in [0.29, 0.717) is 58.9 Å². The summed E-state index contributed by atoms with van der Waals surface area (Å²) < 4.78 is 5.99. The SMILES string of the molecule is Cc1cc(OCC2(CC(N)=O)CCN(C(=O)c3c(Cl)cccc3Cl)CC2)ccc1Cl. The second-order valence-corrected chi connectivity index (χ2v) is 8.95. The Morgan fingerprint density at radius 2 is 1.70 bits per heavy atom. The lowest BCUT2D eigenvalue weighted by Gasteiger charge is -2.41. The largest absolute Gasteiger partial charge is 0.493 e. The van der Waals surface area contributed by atoms with Crippen LogP contribution in [0.5, 0.6) is 5.75 Å². The highest BCUT2D eigenvalue weighted by Crippen LogP contribution is 2.37. The lowest BCUT2D eigenvalue weighted by molar-refractivity contribution is -0.121. The second-order valence-electron chi connectivity index (χ2n) is 7.73. The standard InChI is InChI=1S/C22H23Cl3N2O3/c1-14-11-15(5-6-16(14)23)30-13-22(12-19(26)28)7-9-27(10-8-22)21(29)20-17(24)3-2-4-18(20)25/h2-6,11H,7-10,12-13H2,1H3,(H2,26,28). The Balaban J connectivity index is 1.71. The van der Waals surface area contributed by atoms with Gasteiger partial charge in [0.15, 0.2) is 0 Å². The Hall–Kier alpha value is -1.95. The van der Waals surface area contributed by atoms with Gasteiger partial charge in [0.25, 0.3) is 5.91 Å². The van der Waals surface area contributed by atoms with E-state index in [1.165, 1.54) is 0 Å². The Bertz CT molecular complexity index is 936. The molecule has 8 heteroatoms. The van der Waals surface area contributed by atoms with Crippen LogP contribution in [0.2, 0.25) is 15.1 Å². The summed E-state index contributed by atoms with van der Waals surface area (Å²) in [7, 11) is 0. The smallest absolute Gasteiger partial charge is 0.256 e. The highest BCUT2D eigenvalue weighted by atomic mass is 35.5. The van der Waals surface area contributed by atoms with Crippen LogP contribution in [0.4, 0.5) is 0 Å². The second kappa shape index (κ2) is 9.46. The van der Waals surface area contributed by atoms with Crippen LogP contribution in [-0.4, -0.2) is 36.4 Å². The van der Waals surface area contributed by atoms with Gasteiger partial charge in [0.1, 0.15) is 5.75 Å². The van der Waals surface area contributed by atoms with Crippen LogP contribution in [0.15, 0.2) is 36.4 Å². The molecule has 0 radical (unpaired) electrons. The van der Waals surface area contributed by atoms with Gasteiger partial charge in [-0.15, -0.1) is 0 Å². The normalized spacial score (nSPS) is 15.7. The number of likely N-dealkylation sites (tertiary alicyclic amines) is 1. The summed E-state index contributed by atoms with van der Waals surface area (Å²) in [5.74, 6) is 0.0782. The van der Waals surface area contributed by atoms with Crippen molar-refractivity contribution < 1.29 is 14.3 Å². The molecule has 2 aromatic rings. The van der Waals surface area contributed by atoms with Crippen LogP contribution < -0.4 is 10.5 Å². The first kappa shape index (κ1) is 22.7. The van der Waals surface area contributed by atoms with Crippen molar-refractivity contribution in [2.24, 2.45) is 11.1 Å². The molecule has 5 nitrogen and oxygen atoms in total. The maximum atomic E-state index is 12.9. The molecule has 3 rings (SSSR count). The molecule has 1 aliphatic heterocycles. The number of rotatable bonds is 6.